The zero-order valence-corrected chi connectivity index (χ0v) is 17.6. The summed E-state index contributed by atoms with van der Waals surface area (Å²) in [6.07, 6.45) is 2.22. The van der Waals surface area contributed by atoms with Gasteiger partial charge < -0.3 is 10.1 Å². The first-order valence-electron chi connectivity index (χ1n) is 9.61. The third kappa shape index (κ3) is 4.85. The lowest BCUT2D eigenvalue weighted by Gasteiger charge is -2.12. The highest BCUT2D eigenvalue weighted by Crippen LogP contribution is 2.33. The molecule has 2 aromatic rings. The summed E-state index contributed by atoms with van der Waals surface area (Å²) in [6, 6.07) is 12.6. The van der Waals surface area contributed by atoms with Gasteiger partial charge in [0.05, 0.1) is 11.4 Å². The van der Waals surface area contributed by atoms with E-state index < -0.39 is 21.5 Å². The molecule has 0 spiro atoms. The van der Waals surface area contributed by atoms with Gasteiger partial charge >= 0.3 is 0 Å². The van der Waals surface area contributed by atoms with Gasteiger partial charge in [-0.15, -0.1) is 0 Å². The van der Waals surface area contributed by atoms with Crippen LogP contribution < -0.4 is 10.1 Å². The lowest BCUT2D eigenvalue weighted by molar-refractivity contribution is -0.140. The second kappa shape index (κ2) is 8.37. The molecule has 0 bridgehead atoms. The smallest absolute Gasteiger partial charge is 0.287 e. The van der Waals surface area contributed by atoms with Crippen molar-refractivity contribution in [2.75, 3.05) is 12.8 Å². The molecule has 0 aromatic heterocycles. The highest BCUT2D eigenvalue weighted by molar-refractivity contribution is 7.90. The van der Waals surface area contributed by atoms with Crippen molar-refractivity contribution in [1.29, 1.82) is 0 Å². The Labute approximate surface area is 171 Å². The van der Waals surface area contributed by atoms with E-state index in [4.69, 9.17) is 4.74 Å². The Hall–Kier alpha value is -2.67. The average Bonchev–Trinajstić information content (AvgIpc) is 3.12. The number of carbonyl (C=O) groups is 2. The lowest BCUT2D eigenvalue weighted by atomic mass is 10.0. The van der Waals surface area contributed by atoms with Gasteiger partial charge in [-0.05, 0) is 47.4 Å². The average molecular weight is 416 g/mol. The van der Waals surface area contributed by atoms with E-state index in [-0.39, 0.29) is 23.5 Å². The van der Waals surface area contributed by atoms with Crippen LogP contribution in [0.3, 0.4) is 0 Å². The van der Waals surface area contributed by atoms with Crippen LogP contribution in [0.15, 0.2) is 47.4 Å². The van der Waals surface area contributed by atoms with Gasteiger partial charge in [0.25, 0.3) is 5.91 Å². The van der Waals surface area contributed by atoms with E-state index in [0.717, 1.165) is 22.4 Å². The molecule has 154 valence electrons. The van der Waals surface area contributed by atoms with E-state index in [1.165, 1.54) is 6.26 Å². The molecular formula is C22H25NO5S. The Bertz CT molecular complexity index is 1030. The van der Waals surface area contributed by atoms with Gasteiger partial charge in [0, 0.05) is 18.6 Å². The zero-order chi connectivity index (χ0) is 21.2. The Morgan fingerprint density at radius 3 is 2.41 bits per heavy atom. The summed E-state index contributed by atoms with van der Waals surface area (Å²) in [5, 5.41) is 2.67. The fourth-order valence-corrected chi connectivity index (χ4v) is 3.84. The SMILES string of the molecule is CC[C@@H](C)C(=O)C(=O)NC[C@@H]1Cc2cc(-c3ccc(S(C)(=O)=O)cc3)ccc2O1. The molecular weight excluding hydrogens is 390 g/mol. The van der Waals surface area contributed by atoms with Gasteiger partial charge in [-0.1, -0.05) is 32.0 Å². The number of carbonyl (C=O) groups excluding carboxylic acids is 2. The van der Waals surface area contributed by atoms with Gasteiger partial charge in [-0.2, -0.15) is 0 Å². The van der Waals surface area contributed by atoms with Gasteiger partial charge in [0.1, 0.15) is 11.9 Å². The first-order valence-corrected chi connectivity index (χ1v) is 11.5. The third-order valence-corrected chi connectivity index (χ3v) is 6.32. The third-order valence-electron chi connectivity index (χ3n) is 5.19. The van der Waals surface area contributed by atoms with Crippen LogP contribution in [0.4, 0.5) is 0 Å². The molecule has 29 heavy (non-hydrogen) atoms. The van der Waals surface area contributed by atoms with E-state index in [1.54, 1.807) is 31.2 Å². The number of Topliss-reactive ketones (excluding diaryl/α,β-unsaturated/α-hetero) is 1. The summed E-state index contributed by atoms with van der Waals surface area (Å²) in [6.45, 7) is 3.89. The van der Waals surface area contributed by atoms with Crippen molar-refractivity contribution >= 4 is 21.5 Å². The number of sulfone groups is 1. The number of hydrogen-bond donors (Lipinski definition) is 1. The zero-order valence-electron chi connectivity index (χ0n) is 16.8. The summed E-state index contributed by atoms with van der Waals surface area (Å²) >= 11 is 0. The number of ether oxygens (including phenoxy) is 1. The molecule has 0 saturated carbocycles. The van der Waals surface area contributed by atoms with E-state index >= 15 is 0 Å². The van der Waals surface area contributed by atoms with E-state index in [0.29, 0.717) is 12.8 Å². The van der Waals surface area contributed by atoms with Crippen LogP contribution in [-0.2, 0) is 25.8 Å². The number of ketones is 1. The lowest BCUT2D eigenvalue weighted by Crippen LogP contribution is -2.40. The molecule has 0 fully saturated rings. The van der Waals surface area contributed by atoms with Crippen molar-refractivity contribution in [2.45, 2.75) is 37.7 Å². The molecule has 0 aliphatic carbocycles. The monoisotopic (exact) mass is 415 g/mol. The molecule has 6 nitrogen and oxygen atoms in total. The van der Waals surface area contributed by atoms with Crippen LogP contribution in [0.5, 0.6) is 5.75 Å². The quantitative estimate of drug-likeness (QED) is 0.703. The van der Waals surface area contributed by atoms with Crippen LogP contribution in [0.25, 0.3) is 11.1 Å². The van der Waals surface area contributed by atoms with Crippen molar-refractivity contribution in [3.05, 3.63) is 48.0 Å². The van der Waals surface area contributed by atoms with Crippen LogP contribution in [-0.4, -0.2) is 39.0 Å². The number of benzene rings is 2. The van der Waals surface area contributed by atoms with Gasteiger partial charge in [0.2, 0.25) is 5.78 Å². The van der Waals surface area contributed by atoms with Gasteiger partial charge in [0.15, 0.2) is 9.84 Å². The topological polar surface area (TPSA) is 89.5 Å². The summed E-state index contributed by atoms with van der Waals surface area (Å²) in [5.74, 6) is -0.490. The summed E-state index contributed by atoms with van der Waals surface area (Å²) in [5.41, 5.74) is 2.89. The predicted octanol–water partition coefficient (Wildman–Crippen LogP) is 2.79. The summed E-state index contributed by atoms with van der Waals surface area (Å²) < 4.78 is 29.1. The first-order chi connectivity index (χ1) is 13.7. The number of fused-ring (bicyclic) bond motifs is 1. The molecule has 2 aromatic carbocycles. The molecule has 1 aliphatic heterocycles. The second-order valence-electron chi connectivity index (χ2n) is 7.45. The maximum absolute atomic E-state index is 12.0. The minimum absolute atomic E-state index is 0.221. The maximum Gasteiger partial charge on any atom is 0.287 e. The van der Waals surface area contributed by atoms with E-state index in [2.05, 4.69) is 5.32 Å². The van der Waals surface area contributed by atoms with E-state index in [1.807, 2.05) is 25.1 Å². The Morgan fingerprint density at radius 1 is 1.14 bits per heavy atom. The highest BCUT2D eigenvalue weighted by atomic mass is 32.2. The minimum Gasteiger partial charge on any atom is -0.488 e. The largest absolute Gasteiger partial charge is 0.488 e. The highest BCUT2D eigenvalue weighted by Gasteiger charge is 2.26. The molecule has 7 heteroatoms. The molecule has 1 heterocycles. The van der Waals surface area contributed by atoms with Crippen molar-refractivity contribution < 1.29 is 22.7 Å². The maximum atomic E-state index is 12.0. The van der Waals surface area contributed by atoms with Gasteiger partial charge in [-0.3, -0.25) is 9.59 Å². The van der Waals surface area contributed by atoms with Crippen LogP contribution in [0.2, 0.25) is 0 Å². The number of rotatable bonds is 7. The standard InChI is InChI=1S/C22H25NO5S/c1-4-14(2)21(24)22(25)23-13-18-12-17-11-16(7-10-20(17)28-18)15-5-8-19(9-6-15)29(3,26)27/h5-11,14,18H,4,12-13H2,1-3H3,(H,23,25)/t14-,18+/m1/s1. The molecule has 0 saturated heterocycles. The predicted molar refractivity (Wildman–Crippen MR) is 111 cm³/mol. The van der Waals surface area contributed by atoms with Crippen molar-refractivity contribution in [1.82, 2.24) is 5.32 Å². The molecule has 2 atom stereocenters. The normalized spacial score (nSPS) is 16.6. The second-order valence-corrected chi connectivity index (χ2v) is 9.46. The molecule has 1 N–H and O–H groups in total. The molecule has 1 amide bonds. The molecule has 3 rings (SSSR count). The van der Waals surface area contributed by atoms with Crippen molar-refractivity contribution in [3.8, 4) is 16.9 Å². The minimum atomic E-state index is -3.22. The Balaban J connectivity index is 1.65. The van der Waals surface area contributed by atoms with Crippen LogP contribution in [0.1, 0.15) is 25.8 Å². The first kappa shape index (κ1) is 21.0. The summed E-state index contributed by atoms with van der Waals surface area (Å²) in [4.78, 5) is 24.1. The van der Waals surface area contributed by atoms with Crippen LogP contribution in [0, 0.1) is 5.92 Å². The van der Waals surface area contributed by atoms with Gasteiger partial charge in [-0.25, -0.2) is 8.42 Å². The number of nitrogens with one attached hydrogen (secondary N) is 1. The van der Waals surface area contributed by atoms with E-state index in [9.17, 15) is 18.0 Å². The molecule has 0 unspecified atom stereocenters. The Kier molecular flexibility index (Phi) is 6.07. The fourth-order valence-electron chi connectivity index (χ4n) is 3.21. The molecule has 1 aliphatic rings. The fraction of sp³-hybridized carbons (Fsp3) is 0.364. The number of amides is 1. The van der Waals surface area contributed by atoms with Crippen molar-refractivity contribution in [2.24, 2.45) is 5.92 Å². The van der Waals surface area contributed by atoms with Crippen molar-refractivity contribution in [3.63, 3.8) is 0 Å². The number of hydrogen-bond acceptors (Lipinski definition) is 5. The van der Waals surface area contributed by atoms with Crippen LogP contribution >= 0.6 is 0 Å². The molecule has 0 radical (unpaired) electrons. The summed E-state index contributed by atoms with van der Waals surface area (Å²) in [7, 11) is -3.22. The Morgan fingerprint density at radius 2 is 1.79 bits per heavy atom.